The number of hydrogen-bond donors (Lipinski definition) is 0. The summed E-state index contributed by atoms with van der Waals surface area (Å²) in [5, 5.41) is 0. The maximum Gasteiger partial charge on any atom is 0.216 e. The van der Waals surface area contributed by atoms with Gasteiger partial charge in [0.1, 0.15) is 0 Å². The summed E-state index contributed by atoms with van der Waals surface area (Å²) < 4.78 is 2.63. The molecule has 0 amide bonds. The summed E-state index contributed by atoms with van der Waals surface area (Å²) >= 11 is 0. The molecule has 0 saturated heterocycles. The maximum atomic E-state index is 2.63. The molecule has 1 heteroatoms. The molecule has 0 spiro atoms. The lowest BCUT2D eigenvalue weighted by molar-refractivity contribution is -0.759. The zero-order valence-electron chi connectivity index (χ0n) is 15.2. The Morgan fingerprint density at radius 3 is 2.61 bits per heavy atom. The minimum absolute atomic E-state index is 0.246. The number of nitrogens with zero attached hydrogens (tertiary/aromatic N) is 1. The van der Waals surface area contributed by atoms with E-state index in [9.17, 15) is 0 Å². The molecule has 1 nitrogen and oxygen atoms in total. The van der Waals surface area contributed by atoms with Gasteiger partial charge in [-0.15, -0.1) is 0 Å². The van der Waals surface area contributed by atoms with Gasteiger partial charge in [0.2, 0.25) is 5.69 Å². The minimum atomic E-state index is 0.246. The highest BCUT2D eigenvalue weighted by Gasteiger charge is 2.44. The predicted octanol–water partition coefficient (Wildman–Crippen LogP) is 5.50. The molecule has 1 aliphatic rings. The lowest BCUT2D eigenvalue weighted by Crippen LogP contribution is -2.60. The van der Waals surface area contributed by atoms with Crippen LogP contribution in [0, 0.1) is 13.8 Å². The lowest BCUT2D eigenvalue weighted by atomic mass is 9.77. The van der Waals surface area contributed by atoms with Crippen LogP contribution in [-0.2, 0) is 12.0 Å². The number of pyridine rings is 1. The normalized spacial score (nSPS) is 19.3. The molecule has 1 atom stereocenters. The van der Waals surface area contributed by atoms with Gasteiger partial charge in [-0.1, -0.05) is 44.9 Å². The smallest absolute Gasteiger partial charge is 0.192 e. The monoisotopic (exact) mass is 308 g/mol. The average molecular weight is 308 g/mol. The molecular formula is C22H30N+. The first kappa shape index (κ1) is 16.2. The van der Waals surface area contributed by atoms with Gasteiger partial charge in [0, 0.05) is 36.0 Å². The second-order valence-corrected chi connectivity index (χ2v) is 7.29. The molecule has 0 N–H and O–H groups in total. The molecule has 23 heavy (non-hydrogen) atoms. The van der Waals surface area contributed by atoms with Crippen molar-refractivity contribution in [3.63, 3.8) is 0 Å². The van der Waals surface area contributed by atoms with E-state index in [4.69, 9.17) is 0 Å². The van der Waals surface area contributed by atoms with E-state index in [2.05, 4.69) is 68.8 Å². The number of aromatic nitrogens is 1. The number of hydrogen-bond acceptors (Lipinski definition) is 0. The summed E-state index contributed by atoms with van der Waals surface area (Å²) in [5.74, 6) is 0. The molecule has 3 rings (SSSR count). The Morgan fingerprint density at radius 2 is 1.87 bits per heavy atom. The van der Waals surface area contributed by atoms with Gasteiger partial charge in [-0.05, 0) is 38.0 Å². The Morgan fingerprint density at radius 1 is 1.09 bits per heavy atom. The van der Waals surface area contributed by atoms with Crippen LogP contribution in [0.3, 0.4) is 0 Å². The molecule has 2 aromatic rings. The fraction of sp³-hybridized carbons (Fsp3) is 0.500. The van der Waals surface area contributed by atoms with Crippen molar-refractivity contribution in [2.45, 2.75) is 71.8 Å². The zero-order valence-corrected chi connectivity index (χ0v) is 15.2. The van der Waals surface area contributed by atoms with E-state index in [-0.39, 0.29) is 5.54 Å². The molecule has 1 aliphatic heterocycles. The maximum absolute atomic E-state index is 2.63. The van der Waals surface area contributed by atoms with Gasteiger partial charge in [-0.2, -0.15) is 4.57 Å². The SMILES string of the molecule is CCCCCC1(CC)Cc2ccccc2-c2c(C)cc(C)c[n+]21. The Kier molecular flexibility index (Phi) is 4.57. The standard InChI is InChI=1S/C22H30N/c1-5-7-10-13-22(6-2)15-19-11-8-9-12-20(19)21-18(4)14-17(3)16-23(21)22/h8-9,11-12,14,16H,5-7,10,13,15H2,1-4H3/q+1. The molecule has 0 aliphatic carbocycles. The van der Waals surface area contributed by atoms with E-state index in [0.717, 1.165) is 0 Å². The van der Waals surface area contributed by atoms with Gasteiger partial charge in [0.05, 0.1) is 0 Å². The quantitative estimate of drug-likeness (QED) is 0.507. The van der Waals surface area contributed by atoms with Crippen molar-refractivity contribution >= 4 is 0 Å². The molecule has 0 saturated carbocycles. The molecule has 1 aromatic carbocycles. The van der Waals surface area contributed by atoms with Crippen molar-refractivity contribution in [3.8, 4) is 11.3 Å². The Labute approximate surface area is 141 Å². The number of fused-ring (bicyclic) bond motifs is 3. The van der Waals surface area contributed by atoms with Crippen molar-refractivity contribution in [2.24, 2.45) is 0 Å². The van der Waals surface area contributed by atoms with Crippen LogP contribution in [0.15, 0.2) is 36.5 Å². The summed E-state index contributed by atoms with van der Waals surface area (Å²) in [6, 6.07) is 11.3. The first-order valence-electron chi connectivity index (χ1n) is 9.23. The topological polar surface area (TPSA) is 3.88 Å². The van der Waals surface area contributed by atoms with E-state index in [1.807, 2.05) is 0 Å². The molecular weight excluding hydrogens is 278 g/mol. The van der Waals surface area contributed by atoms with Crippen LogP contribution < -0.4 is 4.57 Å². The summed E-state index contributed by atoms with van der Waals surface area (Å²) in [6.45, 7) is 9.17. The summed E-state index contributed by atoms with van der Waals surface area (Å²) in [5.41, 5.74) is 7.43. The molecule has 0 radical (unpaired) electrons. The Bertz CT molecular complexity index is 701. The molecule has 2 heterocycles. The molecule has 0 fully saturated rings. The number of unbranched alkanes of at least 4 members (excludes halogenated alkanes) is 2. The number of aryl methyl sites for hydroxylation is 2. The van der Waals surface area contributed by atoms with E-state index in [1.165, 1.54) is 66.5 Å². The third-order valence-electron chi connectivity index (χ3n) is 5.60. The Balaban J connectivity index is 2.18. The van der Waals surface area contributed by atoms with Crippen molar-refractivity contribution < 1.29 is 4.57 Å². The third-order valence-corrected chi connectivity index (χ3v) is 5.60. The first-order valence-corrected chi connectivity index (χ1v) is 9.23. The largest absolute Gasteiger partial charge is 0.216 e. The highest BCUT2D eigenvalue weighted by atomic mass is 15.1. The third kappa shape index (κ3) is 2.82. The molecule has 122 valence electrons. The van der Waals surface area contributed by atoms with Crippen LogP contribution >= 0.6 is 0 Å². The lowest BCUT2D eigenvalue weighted by Gasteiger charge is -2.34. The second-order valence-electron chi connectivity index (χ2n) is 7.29. The predicted molar refractivity (Wildman–Crippen MR) is 97.7 cm³/mol. The van der Waals surface area contributed by atoms with Crippen LogP contribution in [0.4, 0.5) is 0 Å². The van der Waals surface area contributed by atoms with Crippen LogP contribution in [0.5, 0.6) is 0 Å². The molecule has 0 bridgehead atoms. The van der Waals surface area contributed by atoms with Crippen LogP contribution in [0.1, 0.15) is 62.6 Å². The van der Waals surface area contributed by atoms with Crippen molar-refractivity contribution in [2.75, 3.05) is 0 Å². The van der Waals surface area contributed by atoms with Crippen LogP contribution in [0.2, 0.25) is 0 Å². The van der Waals surface area contributed by atoms with Gasteiger partial charge in [-0.3, -0.25) is 0 Å². The van der Waals surface area contributed by atoms with E-state index >= 15 is 0 Å². The molecule has 1 aromatic heterocycles. The summed E-state index contributed by atoms with van der Waals surface area (Å²) in [4.78, 5) is 0. The van der Waals surface area contributed by atoms with Crippen LogP contribution in [0.25, 0.3) is 11.3 Å². The van der Waals surface area contributed by atoms with Crippen LogP contribution in [-0.4, -0.2) is 0 Å². The van der Waals surface area contributed by atoms with Crippen molar-refractivity contribution in [3.05, 3.63) is 53.2 Å². The first-order chi connectivity index (χ1) is 11.1. The van der Waals surface area contributed by atoms with Gasteiger partial charge in [-0.25, -0.2) is 0 Å². The van der Waals surface area contributed by atoms with Gasteiger partial charge in [0.15, 0.2) is 11.7 Å². The molecule has 1 unspecified atom stereocenters. The minimum Gasteiger partial charge on any atom is -0.192 e. The zero-order chi connectivity index (χ0) is 16.4. The number of rotatable bonds is 5. The van der Waals surface area contributed by atoms with Gasteiger partial charge < -0.3 is 0 Å². The summed E-state index contributed by atoms with van der Waals surface area (Å²) in [6.07, 6.45) is 10.0. The van der Waals surface area contributed by atoms with Crippen molar-refractivity contribution in [1.29, 1.82) is 0 Å². The highest BCUT2D eigenvalue weighted by Crippen LogP contribution is 2.38. The summed E-state index contributed by atoms with van der Waals surface area (Å²) in [7, 11) is 0. The van der Waals surface area contributed by atoms with Gasteiger partial charge >= 0.3 is 0 Å². The van der Waals surface area contributed by atoms with Crippen molar-refractivity contribution in [1.82, 2.24) is 0 Å². The highest BCUT2D eigenvalue weighted by molar-refractivity contribution is 5.65. The fourth-order valence-electron chi connectivity index (χ4n) is 4.35. The van der Waals surface area contributed by atoms with Gasteiger partial charge in [0.25, 0.3) is 0 Å². The fourth-order valence-corrected chi connectivity index (χ4v) is 4.35. The number of benzene rings is 1. The van der Waals surface area contributed by atoms with E-state index in [1.54, 1.807) is 0 Å². The average Bonchev–Trinajstić information content (AvgIpc) is 2.54. The van der Waals surface area contributed by atoms with E-state index in [0.29, 0.717) is 0 Å². The Hall–Kier alpha value is -1.63. The second kappa shape index (κ2) is 6.47. The van der Waals surface area contributed by atoms with E-state index < -0.39 is 0 Å².